The van der Waals surface area contributed by atoms with Crippen LogP contribution in [0.1, 0.15) is 24.6 Å². The number of nitrogens with zero attached hydrogens (tertiary/aromatic N) is 3. The van der Waals surface area contributed by atoms with Gasteiger partial charge in [0.2, 0.25) is 5.91 Å². The SMILES string of the molecule is C[C@@H](Cc1cnccn1)N(C)CCC(=O)NCc1cccc(Cl)c1. The number of halogens is 1. The molecule has 1 N–H and O–H groups in total. The van der Waals surface area contributed by atoms with E-state index in [2.05, 4.69) is 27.1 Å². The Balaban J connectivity index is 1.70. The number of benzene rings is 1. The molecule has 0 saturated heterocycles. The van der Waals surface area contributed by atoms with Crippen LogP contribution in [0.25, 0.3) is 0 Å². The zero-order chi connectivity index (χ0) is 17.4. The normalized spacial score (nSPS) is 12.2. The minimum absolute atomic E-state index is 0.0357. The first-order valence-corrected chi connectivity index (χ1v) is 8.38. The average molecular weight is 347 g/mol. The lowest BCUT2D eigenvalue weighted by Crippen LogP contribution is -2.35. The van der Waals surface area contributed by atoms with E-state index in [9.17, 15) is 4.79 Å². The molecule has 1 aromatic heterocycles. The summed E-state index contributed by atoms with van der Waals surface area (Å²) in [5, 5.41) is 3.60. The Hall–Kier alpha value is -1.98. The maximum absolute atomic E-state index is 12.0. The number of rotatable bonds is 8. The molecule has 0 bridgehead atoms. The third kappa shape index (κ3) is 6.26. The minimum atomic E-state index is 0.0357. The average Bonchev–Trinajstić information content (AvgIpc) is 2.58. The van der Waals surface area contributed by atoms with Gasteiger partial charge in [-0.3, -0.25) is 14.8 Å². The molecule has 0 spiro atoms. The van der Waals surface area contributed by atoms with Crippen molar-refractivity contribution in [1.29, 1.82) is 0 Å². The fourth-order valence-corrected chi connectivity index (χ4v) is 2.54. The molecule has 5 nitrogen and oxygen atoms in total. The molecule has 0 unspecified atom stereocenters. The highest BCUT2D eigenvalue weighted by molar-refractivity contribution is 6.30. The topological polar surface area (TPSA) is 58.1 Å². The van der Waals surface area contributed by atoms with E-state index >= 15 is 0 Å². The van der Waals surface area contributed by atoms with Crippen LogP contribution in [0, 0.1) is 0 Å². The molecule has 24 heavy (non-hydrogen) atoms. The molecule has 0 saturated carbocycles. The highest BCUT2D eigenvalue weighted by Crippen LogP contribution is 2.10. The van der Waals surface area contributed by atoms with E-state index in [0.717, 1.165) is 17.7 Å². The van der Waals surface area contributed by atoms with E-state index in [4.69, 9.17) is 11.6 Å². The van der Waals surface area contributed by atoms with Gasteiger partial charge in [0, 0.05) is 55.6 Å². The van der Waals surface area contributed by atoms with Crippen molar-refractivity contribution in [1.82, 2.24) is 20.2 Å². The highest BCUT2D eigenvalue weighted by atomic mass is 35.5. The molecule has 2 aromatic rings. The predicted molar refractivity (Wildman–Crippen MR) is 95.7 cm³/mol. The first-order valence-electron chi connectivity index (χ1n) is 8.01. The fourth-order valence-electron chi connectivity index (χ4n) is 2.33. The van der Waals surface area contributed by atoms with Gasteiger partial charge in [0.25, 0.3) is 0 Å². The van der Waals surface area contributed by atoms with E-state index in [0.29, 0.717) is 30.6 Å². The number of hydrogen-bond donors (Lipinski definition) is 1. The van der Waals surface area contributed by atoms with Crippen molar-refractivity contribution < 1.29 is 4.79 Å². The first-order chi connectivity index (χ1) is 11.5. The van der Waals surface area contributed by atoms with Crippen LogP contribution in [-0.4, -0.2) is 40.4 Å². The van der Waals surface area contributed by atoms with Gasteiger partial charge in [-0.05, 0) is 31.7 Å². The van der Waals surface area contributed by atoms with Gasteiger partial charge in [-0.25, -0.2) is 0 Å². The quantitative estimate of drug-likeness (QED) is 0.798. The summed E-state index contributed by atoms with van der Waals surface area (Å²) in [6.45, 7) is 3.32. The lowest BCUT2D eigenvalue weighted by atomic mass is 10.1. The molecule has 1 atom stereocenters. The molecule has 1 aromatic carbocycles. The summed E-state index contributed by atoms with van der Waals surface area (Å²) in [4.78, 5) is 22.5. The number of carbonyl (C=O) groups is 1. The molecule has 6 heteroatoms. The Morgan fingerprint density at radius 1 is 1.38 bits per heavy atom. The van der Waals surface area contributed by atoms with E-state index in [1.54, 1.807) is 18.6 Å². The number of amides is 1. The molecule has 0 aliphatic rings. The van der Waals surface area contributed by atoms with Crippen molar-refractivity contribution >= 4 is 17.5 Å². The maximum atomic E-state index is 12.0. The van der Waals surface area contributed by atoms with E-state index in [1.807, 2.05) is 31.3 Å². The van der Waals surface area contributed by atoms with Crippen molar-refractivity contribution in [3.05, 3.63) is 59.1 Å². The zero-order valence-corrected chi connectivity index (χ0v) is 14.8. The Kier molecular flexibility index (Phi) is 7.15. The second kappa shape index (κ2) is 9.35. The Labute approximate surface area is 148 Å². The molecule has 1 amide bonds. The number of likely N-dealkylation sites (N-methyl/N-ethyl adjacent to an activating group) is 1. The van der Waals surface area contributed by atoms with Crippen molar-refractivity contribution in [3.63, 3.8) is 0 Å². The summed E-state index contributed by atoms with van der Waals surface area (Å²) in [6.07, 6.45) is 6.42. The van der Waals surface area contributed by atoms with Gasteiger partial charge in [0.1, 0.15) is 0 Å². The molecule has 1 heterocycles. The summed E-state index contributed by atoms with van der Waals surface area (Å²) in [5.41, 5.74) is 1.96. The monoisotopic (exact) mass is 346 g/mol. The van der Waals surface area contributed by atoms with Crippen LogP contribution in [0.15, 0.2) is 42.9 Å². The molecule has 2 rings (SSSR count). The third-order valence-electron chi connectivity index (χ3n) is 3.94. The Morgan fingerprint density at radius 3 is 2.92 bits per heavy atom. The molecule has 0 radical (unpaired) electrons. The first kappa shape index (κ1) is 18.4. The van der Waals surface area contributed by atoms with Gasteiger partial charge < -0.3 is 10.2 Å². The summed E-state index contributed by atoms with van der Waals surface area (Å²) in [6, 6.07) is 7.80. The van der Waals surface area contributed by atoms with Gasteiger partial charge in [-0.2, -0.15) is 0 Å². The van der Waals surface area contributed by atoms with Crippen molar-refractivity contribution in [3.8, 4) is 0 Å². The summed E-state index contributed by atoms with van der Waals surface area (Å²) >= 11 is 5.94. The summed E-state index contributed by atoms with van der Waals surface area (Å²) in [7, 11) is 2.02. The molecular weight excluding hydrogens is 324 g/mol. The summed E-state index contributed by atoms with van der Waals surface area (Å²) in [5.74, 6) is 0.0357. The van der Waals surface area contributed by atoms with Crippen LogP contribution in [0.5, 0.6) is 0 Å². The van der Waals surface area contributed by atoms with Crippen LogP contribution >= 0.6 is 11.6 Å². The highest BCUT2D eigenvalue weighted by Gasteiger charge is 2.12. The Morgan fingerprint density at radius 2 is 2.21 bits per heavy atom. The van der Waals surface area contributed by atoms with Crippen LogP contribution in [-0.2, 0) is 17.8 Å². The van der Waals surface area contributed by atoms with Crippen molar-refractivity contribution in [2.24, 2.45) is 0 Å². The molecule has 0 aliphatic heterocycles. The van der Waals surface area contributed by atoms with E-state index < -0.39 is 0 Å². The third-order valence-corrected chi connectivity index (χ3v) is 4.18. The van der Waals surface area contributed by atoms with Gasteiger partial charge in [0.15, 0.2) is 0 Å². The fraction of sp³-hybridized carbons (Fsp3) is 0.389. The largest absolute Gasteiger partial charge is 0.352 e. The maximum Gasteiger partial charge on any atom is 0.221 e. The standard InChI is InChI=1S/C18H23ClN4O/c1-14(10-17-13-20-7-8-21-17)23(2)9-6-18(24)22-12-15-4-3-5-16(19)11-15/h3-5,7-8,11,13-14H,6,9-10,12H2,1-2H3,(H,22,24)/t14-/m0/s1. The lowest BCUT2D eigenvalue weighted by molar-refractivity contribution is -0.121. The van der Waals surface area contributed by atoms with Gasteiger partial charge in [-0.15, -0.1) is 0 Å². The number of nitrogens with one attached hydrogen (secondary N) is 1. The predicted octanol–water partition coefficient (Wildman–Crippen LogP) is 2.70. The minimum Gasteiger partial charge on any atom is -0.352 e. The van der Waals surface area contributed by atoms with Crippen LogP contribution in [0.3, 0.4) is 0 Å². The van der Waals surface area contributed by atoms with Crippen molar-refractivity contribution in [2.45, 2.75) is 32.4 Å². The second-order valence-electron chi connectivity index (χ2n) is 5.89. The zero-order valence-electron chi connectivity index (χ0n) is 14.1. The number of aromatic nitrogens is 2. The van der Waals surface area contributed by atoms with Crippen LogP contribution < -0.4 is 5.32 Å². The van der Waals surface area contributed by atoms with Gasteiger partial charge >= 0.3 is 0 Å². The number of carbonyl (C=O) groups excluding carboxylic acids is 1. The molecule has 0 fully saturated rings. The van der Waals surface area contributed by atoms with Gasteiger partial charge in [-0.1, -0.05) is 23.7 Å². The van der Waals surface area contributed by atoms with E-state index in [1.165, 1.54) is 0 Å². The Bertz CT molecular complexity index is 650. The van der Waals surface area contributed by atoms with Crippen LogP contribution in [0.4, 0.5) is 0 Å². The van der Waals surface area contributed by atoms with Crippen molar-refractivity contribution in [2.75, 3.05) is 13.6 Å². The smallest absolute Gasteiger partial charge is 0.221 e. The molecule has 128 valence electrons. The number of hydrogen-bond acceptors (Lipinski definition) is 4. The lowest BCUT2D eigenvalue weighted by Gasteiger charge is -2.24. The molecule has 0 aliphatic carbocycles. The molecular formula is C18H23ClN4O. The van der Waals surface area contributed by atoms with E-state index in [-0.39, 0.29) is 5.91 Å². The van der Waals surface area contributed by atoms with Crippen LogP contribution in [0.2, 0.25) is 5.02 Å². The van der Waals surface area contributed by atoms with Gasteiger partial charge in [0.05, 0.1) is 5.69 Å². The summed E-state index contributed by atoms with van der Waals surface area (Å²) < 4.78 is 0. The second-order valence-corrected chi connectivity index (χ2v) is 6.32.